The molecule has 12 heteroatoms. The molecule has 0 bridgehead atoms. The van der Waals surface area contributed by atoms with E-state index in [4.69, 9.17) is 37.9 Å². The maximum Gasteiger partial charge on any atom is 0.508 e. The van der Waals surface area contributed by atoms with Gasteiger partial charge in [-0.3, -0.25) is 9.59 Å². The maximum absolute atomic E-state index is 13.0. The number of ether oxygens (including phenoxy) is 8. The summed E-state index contributed by atoms with van der Waals surface area (Å²) in [6, 6.07) is 0. The van der Waals surface area contributed by atoms with Crippen LogP contribution in [0, 0.1) is 11.8 Å². The molecule has 0 amide bonds. The molecule has 1 unspecified atom stereocenters. The van der Waals surface area contributed by atoms with E-state index in [0.29, 0.717) is 58.7 Å². The standard InChI is InChI=1S/C57H101NO11/c1-6-11-15-19-23-31-42-62-55(63-43-32-24-20-16-12-7-2)39-29-27-37-53(59)66-48-52(50-69-57(61)68-47-51-36-35-41-58(10-5)46-51)49-67-54(60)38-28-30-40-56(64-44-33-25-21-17-13-8-3)65-45-34-26-22-18-14-9-4/h11-18,51-52,55-56H,6-10,19-50H2,1-5H3/b15-11-,16-12-,17-13-,18-14-. The van der Waals surface area contributed by atoms with E-state index in [2.05, 4.69) is 88.1 Å². The highest BCUT2D eigenvalue weighted by molar-refractivity contribution is 5.69. The average Bonchev–Trinajstić information content (AvgIpc) is 3.36. The van der Waals surface area contributed by atoms with Crippen molar-refractivity contribution in [2.75, 3.05) is 72.5 Å². The number of carbonyl (C=O) groups excluding carboxylic acids is 3. The number of nitrogens with zero attached hydrogens (tertiary/aromatic N) is 1. The van der Waals surface area contributed by atoms with Crippen LogP contribution in [0.1, 0.15) is 202 Å². The van der Waals surface area contributed by atoms with Gasteiger partial charge in [-0.2, -0.15) is 0 Å². The molecule has 0 radical (unpaired) electrons. The highest BCUT2D eigenvalue weighted by Gasteiger charge is 2.23. The van der Waals surface area contributed by atoms with Crippen molar-refractivity contribution in [2.45, 2.75) is 214 Å². The quantitative estimate of drug-likeness (QED) is 0.0189. The molecule has 0 N–H and O–H groups in total. The first kappa shape index (κ1) is 64.0. The third-order valence-electron chi connectivity index (χ3n) is 11.9. The van der Waals surface area contributed by atoms with Gasteiger partial charge in [0.15, 0.2) is 12.6 Å². The summed E-state index contributed by atoms with van der Waals surface area (Å²) in [5.74, 6) is -0.993. The highest BCUT2D eigenvalue weighted by Crippen LogP contribution is 2.18. The molecule has 0 aliphatic carbocycles. The van der Waals surface area contributed by atoms with Crippen molar-refractivity contribution >= 4 is 18.1 Å². The van der Waals surface area contributed by atoms with Crippen molar-refractivity contribution in [3.05, 3.63) is 48.6 Å². The number of unbranched alkanes of at least 4 members (excludes halogenated alkanes) is 10. The fourth-order valence-electron chi connectivity index (χ4n) is 7.74. The van der Waals surface area contributed by atoms with Crippen molar-refractivity contribution in [1.82, 2.24) is 4.90 Å². The van der Waals surface area contributed by atoms with Crippen LogP contribution < -0.4 is 0 Å². The Hall–Kier alpha value is -3.03. The zero-order valence-corrected chi connectivity index (χ0v) is 44.5. The van der Waals surface area contributed by atoms with Crippen molar-refractivity contribution in [3.8, 4) is 0 Å². The Bertz CT molecular complexity index is 1200. The summed E-state index contributed by atoms with van der Waals surface area (Å²) >= 11 is 0. The summed E-state index contributed by atoms with van der Waals surface area (Å²) in [5.41, 5.74) is 0. The molecule has 12 nitrogen and oxygen atoms in total. The summed E-state index contributed by atoms with van der Waals surface area (Å²) < 4.78 is 46.9. The van der Waals surface area contributed by atoms with Gasteiger partial charge >= 0.3 is 18.1 Å². The molecule has 1 fully saturated rings. The molecule has 1 rings (SSSR count). The van der Waals surface area contributed by atoms with Crippen LogP contribution in [-0.2, 0) is 47.5 Å². The molecular formula is C57H101NO11. The van der Waals surface area contributed by atoms with Gasteiger partial charge in [-0.15, -0.1) is 0 Å². The molecule has 0 saturated carbocycles. The normalized spacial score (nSPS) is 14.8. The van der Waals surface area contributed by atoms with Crippen LogP contribution >= 0.6 is 0 Å². The number of carbonyl (C=O) groups is 3. The number of hydrogen-bond donors (Lipinski definition) is 0. The lowest BCUT2D eigenvalue weighted by molar-refractivity contribution is -0.153. The Kier molecular flexibility index (Phi) is 45.1. The lowest BCUT2D eigenvalue weighted by Gasteiger charge is -2.31. The lowest BCUT2D eigenvalue weighted by atomic mass is 9.99. The zero-order valence-electron chi connectivity index (χ0n) is 44.5. The van der Waals surface area contributed by atoms with E-state index in [1.54, 1.807) is 0 Å². The van der Waals surface area contributed by atoms with E-state index in [1.807, 2.05) is 0 Å². The summed E-state index contributed by atoms with van der Waals surface area (Å²) in [4.78, 5) is 41.0. The first-order valence-corrected chi connectivity index (χ1v) is 27.7. The minimum absolute atomic E-state index is 0.0522. The van der Waals surface area contributed by atoms with E-state index in [1.165, 1.54) is 0 Å². The SMILES string of the molecule is CC/C=C\CCCCOC(CCCCC(=O)OCC(COC(=O)CCCCC(OCCCC/C=C\CC)OCCCC/C=C\CC)COC(=O)OCC1CCCN(CC)C1)OCCCC/C=C\CC. The van der Waals surface area contributed by atoms with E-state index in [-0.39, 0.29) is 63.1 Å². The van der Waals surface area contributed by atoms with Crippen LogP contribution in [0.3, 0.4) is 0 Å². The number of likely N-dealkylation sites (tertiary alicyclic amines) is 1. The van der Waals surface area contributed by atoms with Crippen LogP contribution in [0.4, 0.5) is 4.79 Å². The van der Waals surface area contributed by atoms with Crippen molar-refractivity contribution in [3.63, 3.8) is 0 Å². The average molecular weight is 976 g/mol. The third-order valence-corrected chi connectivity index (χ3v) is 11.9. The second-order valence-corrected chi connectivity index (χ2v) is 18.3. The van der Waals surface area contributed by atoms with Gasteiger partial charge in [0, 0.05) is 51.7 Å². The Balaban J connectivity index is 2.68. The second-order valence-electron chi connectivity index (χ2n) is 18.3. The van der Waals surface area contributed by atoms with E-state index < -0.39 is 12.1 Å². The minimum Gasteiger partial charge on any atom is -0.465 e. The molecule has 0 aromatic rings. The van der Waals surface area contributed by atoms with Crippen molar-refractivity contribution < 1.29 is 52.3 Å². The van der Waals surface area contributed by atoms with Crippen molar-refractivity contribution in [1.29, 1.82) is 0 Å². The van der Waals surface area contributed by atoms with Gasteiger partial charge in [0.05, 0.1) is 12.5 Å². The fourth-order valence-corrected chi connectivity index (χ4v) is 7.74. The molecule has 1 saturated heterocycles. The molecule has 1 aliphatic rings. The van der Waals surface area contributed by atoms with Crippen LogP contribution in [0.15, 0.2) is 48.6 Å². The Morgan fingerprint density at radius 2 is 0.899 bits per heavy atom. The summed E-state index contributed by atoms with van der Waals surface area (Å²) in [5, 5.41) is 0. The van der Waals surface area contributed by atoms with Gasteiger partial charge < -0.3 is 42.8 Å². The predicted octanol–water partition coefficient (Wildman–Crippen LogP) is 14.0. The number of piperidine rings is 1. The minimum atomic E-state index is -0.771. The van der Waals surface area contributed by atoms with Crippen LogP contribution in [0.2, 0.25) is 0 Å². The van der Waals surface area contributed by atoms with Gasteiger partial charge in [0.25, 0.3) is 0 Å². The number of esters is 2. The van der Waals surface area contributed by atoms with Gasteiger partial charge in [0.2, 0.25) is 0 Å². The maximum atomic E-state index is 13.0. The number of hydrogen-bond acceptors (Lipinski definition) is 12. The lowest BCUT2D eigenvalue weighted by Crippen LogP contribution is -2.37. The van der Waals surface area contributed by atoms with Gasteiger partial charge in [-0.05, 0) is 167 Å². The summed E-state index contributed by atoms with van der Waals surface area (Å²) in [7, 11) is 0. The smallest absolute Gasteiger partial charge is 0.465 e. The van der Waals surface area contributed by atoms with E-state index in [0.717, 1.165) is 148 Å². The first-order valence-electron chi connectivity index (χ1n) is 27.7. The molecule has 400 valence electrons. The van der Waals surface area contributed by atoms with E-state index >= 15 is 0 Å². The van der Waals surface area contributed by atoms with Gasteiger partial charge in [0.1, 0.15) is 19.8 Å². The molecule has 1 aliphatic heterocycles. The summed E-state index contributed by atoms with van der Waals surface area (Å²) in [6.07, 6.45) is 39.6. The topological polar surface area (TPSA) is 128 Å². The molecule has 0 aromatic heterocycles. The molecular weight excluding hydrogens is 875 g/mol. The molecule has 0 aromatic carbocycles. The molecule has 1 atom stereocenters. The van der Waals surface area contributed by atoms with Crippen LogP contribution in [-0.4, -0.2) is 108 Å². The highest BCUT2D eigenvalue weighted by atomic mass is 16.7. The first-order chi connectivity index (χ1) is 33.8. The third kappa shape index (κ3) is 41.3. The van der Waals surface area contributed by atoms with Gasteiger partial charge in [-0.1, -0.05) is 83.2 Å². The Morgan fingerprint density at radius 1 is 0.493 bits per heavy atom. The number of rotatable bonds is 47. The predicted molar refractivity (Wildman–Crippen MR) is 279 cm³/mol. The molecule has 0 spiro atoms. The van der Waals surface area contributed by atoms with Gasteiger partial charge in [-0.25, -0.2) is 4.79 Å². The van der Waals surface area contributed by atoms with Crippen LogP contribution in [0.25, 0.3) is 0 Å². The monoisotopic (exact) mass is 976 g/mol. The largest absolute Gasteiger partial charge is 0.508 e. The number of allylic oxidation sites excluding steroid dienone is 8. The zero-order chi connectivity index (χ0) is 50.1. The molecule has 1 heterocycles. The second kappa shape index (κ2) is 48.6. The van der Waals surface area contributed by atoms with Crippen molar-refractivity contribution in [2.24, 2.45) is 11.8 Å². The molecule has 69 heavy (non-hydrogen) atoms. The van der Waals surface area contributed by atoms with Crippen LogP contribution in [0.5, 0.6) is 0 Å². The summed E-state index contributed by atoms with van der Waals surface area (Å²) in [6.45, 7) is 16.3. The van der Waals surface area contributed by atoms with E-state index in [9.17, 15) is 14.4 Å². The Morgan fingerprint density at radius 3 is 1.29 bits per heavy atom. The fraction of sp³-hybridized carbons (Fsp3) is 0.807. The Labute approximate surface area is 421 Å².